The van der Waals surface area contributed by atoms with Crippen LogP contribution in [0.3, 0.4) is 0 Å². The zero-order valence-electron chi connectivity index (χ0n) is 13.0. The molecule has 0 saturated carbocycles. The van der Waals surface area contributed by atoms with Gasteiger partial charge in [-0.25, -0.2) is 4.79 Å². The van der Waals surface area contributed by atoms with Crippen LogP contribution in [0.15, 0.2) is 60.7 Å². The molecule has 0 spiro atoms. The molecule has 24 heavy (non-hydrogen) atoms. The zero-order chi connectivity index (χ0) is 16.5. The van der Waals surface area contributed by atoms with Crippen molar-refractivity contribution in [2.24, 2.45) is 0 Å². The van der Waals surface area contributed by atoms with Crippen molar-refractivity contribution in [3.8, 4) is 0 Å². The first-order valence-electron chi connectivity index (χ1n) is 7.92. The van der Waals surface area contributed by atoms with Crippen LogP contribution in [-0.4, -0.2) is 18.6 Å². The minimum atomic E-state index is -0.294. The van der Waals surface area contributed by atoms with Crippen molar-refractivity contribution in [1.82, 2.24) is 0 Å². The van der Waals surface area contributed by atoms with E-state index >= 15 is 0 Å². The molecular weight excluding hydrogens is 322 g/mol. The number of nitrogens with one attached hydrogen (secondary N) is 1. The lowest BCUT2D eigenvalue weighted by Gasteiger charge is -2.27. The third-order valence-electron chi connectivity index (χ3n) is 4.31. The predicted molar refractivity (Wildman–Crippen MR) is 96.8 cm³/mol. The summed E-state index contributed by atoms with van der Waals surface area (Å²) in [5.74, 6) is -0.294. The van der Waals surface area contributed by atoms with Gasteiger partial charge in [0.05, 0.1) is 12.1 Å². The van der Waals surface area contributed by atoms with E-state index in [2.05, 4.69) is 11.4 Å². The highest BCUT2D eigenvalue weighted by Gasteiger charge is 2.24. The number of rotatable bonds is 2. The van der Waals surface area contributed by atoms with E-state index in [1.807, 2.05) is 42.5 Å². The summed E-state index contributed by atoms with van der Waals surface area (Å²) >= 11 is 6.41. The van der Waals surface area contributed by atoms with Gasteiger partial charge in [0.1, 0.15) is 6.10 Å². The van der Waals surface area contributed by atoms with Gasteiger partial charge in [-0.2, -0.15) is 0 Å². The molecule has 0 amide bonds. The summed E-state index contributed by atoms with van der Waals surface area (Å²) in [6.07, 6.45) is 0.452. The molecule has 1 aliphatic heterocycles. The van der Waals surface area contributed by atoms with E-state index < -0.39 is 0 Å². The van der Waals surface area contributed by atoms with E-state index in [1.165, 1.54) is 0 Å². The Labute approximate surface area is 145 Å². The number of carbonyl (C=O) groups excluding carboxylic acids is 1. The molecule has 0 fully saturated rings. The number of carbonyl (C=O) groups is 1. The van der Waals surface area contributed by atoms with Gasteiger partial charge in [0.2, 0.25) is 0 Å². The molecule has 4 rings (SSSR count). The Hall–Kier alpha value is -2.52. The van der Waals surface area contributed by atoms with E-state index in [-0.39, 0.29) is 12.1 Å². The maximum atomic E-state index is 12.2. The van der Waals surface area contributed by atoms with E-state index in [0.717, 1.165) is 27.0 Å². The summed E-state index contributed by atoms with van der Waals surface area (Å²) in [6.45, 7) is 0.594. The number of benzene rings is 3. The monoisotopic (exact) mass is 337 g/mol. The van der Waals surface area contributed by atoms with Crippen molar-refractivity contribution in [3.05, 3.63) is 76.8 Å². The van der Waals surface area contributed by atoms with Crippen LogP contribution in [-0.2, 0) is 11.2 Å². The topological polar surface area (TPSA) is 38.3 Å². The Morgan fingerprint density at radius 2 is 1.75 bits per heavy atom. The minimum absolute atomic E-state index is 0.206. The Kier molecular flexibility index (Phi) is 3.87. The lowest BCUT2D eigenvalue weighted by atomic mass is 9.96. The molecule has 0 bridgehead atoms. The maximum Gasteiger partial charge on any atom is 0.338 e. The second-order valence-electron chi connectivity index (χ2n) is 5.92. The molecular formula is C20H16ClNO2. The van der Waals surface area contributed by atoms with E-state index in [4.69, 9.17) is 16.3 Å². The van der Waals surface area contributed by atoms with Gasteiger partial charge in [0.25, 0.3) is 0 Å². The van der Waals surface area contributed by atoms with Crippen LogP contribution in [0.5, 0.6) is 0 Å². The van der Waals surface area contributed by atoms with Gasteiger partial charge in [-0.05, 0) is 23.8 Å². The smallest absolute Gasteiger partial charge is 0.338 e. The van der Waals surface area contributed by atoms with Crippen LogP contribution in [0, 0.1) is 0 Å². The zero-order valence-corrected chi connectivity index (χ0v) is 13.7. The first-order chi connectivity index (χ1) is 11.7. The van der Waals surface area contributed by atoms with Crippen LogP contribution in [0.25, 0.3) is 10.8 Å². The average Bonchev–Trinajstić information content (AvgIpc) is 2.62. The number of esters is 1. The maximum absolute atomic E-state index is 12.2. The summed E-state index contributed by atoms with van der Waals surface area (Å²) in [6, 6.07) is 19.1. The van der Waals surface area contributed by atoms with E-state index in [9.17, 15) is 4.79 Å². The number of hydrogen-bond donors (Lipinski definition) is 1. The van der Waals surface area contributed by atoms with Crippen molar-refractivity contribution >= 4 is 34.0 Å². The summed E-state index contributed by atoms with van der Waals surface area (Å²) in [7, 11) is 0. The average molecular weight is 338 g/mol. The fraction of sp³-hybridized carbons (Fsp3) is 0.150. The normalized spacial score (nSPS) is 16.3. The van der Waals surface area contributed by atoms with Crippen molar-refractivity contribution in [3.63, 3.8) is 0 Å². The molecule has 3 nitrogen and oxygen atoms in total. The van der Waals surface area contributed by atoms with Gasteiger partial charge in [-0.3, -0.25) is 0 Å². The van der Waals surface area contributed by atoms with Crippen molar-refractivity contribution < 1.29 is 9.53 Å². The molecule has 0 aromatic heterocycles. The first kappa shape index (κ1) is 15.0. The SMILES string of the molecule is O=C(OC1CNc2c(cc(Cl)c3ccccc23)C1)c1ccccc1. The molecule has 120 valence electrons. The number of anilines is 1. The molecule has 0 radical (unpaired) electrons. The summed E-state index contributed by atoms with van der Waals surface area (Å²) < 4.78 is 5.64. The van der Waals surface area contributed by atoms with Gasteiger partial charge in [0.15, 0.2) is 0 Å². The summed E-state index contributed by atoms with van der Waals surface area (Å²) in [5.41, 5.74) is 2.73. The minimum Gasteiger partial charge on any atom is -0.457 e. The fourth-order valence-electron chi connectivity index (χ4n) is 3.17. The largest absolute Gasteiger partial charge is 0.457 e. The van der Waals surface area contributed by atoms with Gasteiger partial charge in [-0.15, -0.1) is 0 Å². The third-order valence-corrected chi connectivity index (χ3v) is 4.63. The van der Waals surface area contributed by atoms with Crippen LogP contribution < -0.4 is 5.32 Å². The van der Waals surface area contributed by atoms with Gasteiger partial charge in [0, 0.05) is 27.9 Å². The fourth-order valence-corrected chi connectivity index (χ4v) is 3.46. The Balaban J connectivity index is 1.59. The lowest BCUT2D eigenvalue weighted by Crippen LogP contribution is -2.32. The first-order valence-corrected chi connectivity index (χ1v) is 8.30. The summed E-state index contributed by atoms with van der Waals surface area (Å²) in [4.78, 5) is 12.2. The molecule has 0 saturated heterocycles. The quantitative estimate of drug-likeness (QED) is 0.690. The highest BCUT2D eigenvalue weighted by molar-refractivity contribution is 6.36. The molecule has 1 N–H and O–H groups in total. The van der Waals surface area contributed by atoms with Gasteiger partial charge >= 0.3 is 5.97 Å². The summed E-state index contributed by atoms with van der Waals surface area (Å²) in [5, 5.41) is 6.26. The van der Waals surface area contributed by atoms with Crippen LogP contribution >= 0.6 is 11.6 Å². The third kappa shape index (κ3) is 2.72. The standard InChI is InChI=1S/C20H16ClNO2/c21-18-11-14-10-15(24-20(23)13-6-2-1-3-7-13)12-22-19(14)17-9-5-4-8-16(17)18/h1-9,11,15,22H,10,12H2. The molecule has 3 aromatic rings. The highest BCUT2D eigenvalue weighted by Crippen LogP contribution is 2.36. The Bertz CT molecular complexity index is 908. The van der Waals surface area contributed by atoms with Crippen LogP contribution in [0.1, 0.15) is 15.9 Å². The van der Waals surface area contributed by atoms with E-state index in [0.29, 0.717) is 18.5 Å². The number of hydrogen-bond acceptors (Lipinski definition) is 3. The molecule has 0 aliphatic carbocycles. The molecule has 1 heterocycles. The molecule has 1 aliphatic rings. The lowest BCUT2D eigenvalue weighted by molar-refractivity contribution is 0.0324. The Morgan fingerprint density at radius 3 is 2.54 bits per heavy atom. The second-order valence-corrected chi connectivity index (χ2v) is 6.32. The van der Waals surface area contributed by atoms with Crippen molar-refractivity contribution in [2.75, 3.05) is 11.9 Å². The van der Waals surface area contributed by atoms with Crippen molar-refractivity contribution in [1.29, 1.82) is 0 Å². The Morgan fingerprint density at radius 1 is 1.04 bits per heavy atom. The number of halogens is 1. The highest BCUT2D eigenvalue weighted by atomic mass is 35.5. The number of fused-ring (bicyclic) bond motifs is 3. The second kappa shape index (κ2) is 6.17. The van der Waals surface area contributed by atoms with Crippen molar-refractivity contribution in [2.45, 2.75) is 12.5 Å². The predicted octanol–water partition coefficient (Wildman–Crippen LogP) is 4.69. The molecule has 4 heteroatoms. The van der Waals surface area contributed by atoms with Crippen LogP contribution in [0.2, 0.25) is 5.02 Å². The molecule has 1 atom stereocenters. The van der Waals surface area contributed by atoms with Gasteiger partial charge in [-0.1, -0.05) is 54.1 Å². The molecule has 1 unspecified atom stereocenters. The van der Waals surface area contributed by atoms with Crippen LogP contribution in [0.4, 0.5) is 5.69 Å². The van der Waals surface area contributed by atoms with E-state index in [1.54, 1.807) is 12.1 Å². The number of ether oxygens (including phenoxy) is 1. The molecule has 3 aromatic carbocycles. The van der Waals surface area contributed by atoms with Gasteiger partial charge < -0.3 is 10.1 Å².